The highest BCUT2D eigenvalue weighted by Crippen LogP contribution is 2.36. The highest BCUT2D eigenvalue weighted by molar-refractivity contribution is 7.18. The molecule has 0 aliphatic rings. The Labute approximate surface area is 337 Å². The normalized spacial score (nSPS) is 11.0. The fourth-order valence-electron chi connectivity index (χ4n) is 6.29. The number of urea groups is 1. The lowest BCUT2D eigenvalue weighted by atomic mass is 9.98. The van der Waals surface area contributed by atoms with Crippen molar-refractivity contribution in [3.05, 3.63) is 152 Å². The smallest absolute Gasteiger partial charge is 0.320 e. The molecule has 276 valence electrons. The number of thiazole rings is 2. The summed E-state index contributed by atoms with van der Waals surface area (Å²) in [4.78, 5) is 29.6. The Bertz CT molecular complexity index is 2620. The van der Waals surface area contributed by atoms with Gasteiger partial charge in [0.2, 0.25) is 0 Å². The highest BCUT2D eigenvalue weighted by Gasteiger charge is 2.14. The second-order valence-corrected chi connectivity index (χ2v) is 16.3. The predicted octanol–water partition coefficient (Wildman–Crippen LogP) is 11.5. The maximum Gasteiger partial charge on any atom is 0.320 e. The zero-order valence-corrected chi connectivity index (χ0v) is 33.5. The molecule has 4 heterocycles. The number of anilines is 2. The van der Waals surface area contributed by atoms with Gasteiger partial charge in [0.1, 0.15) is 11.6 Å². The van der Waals surface area contributed by atoms with Crippen LogP contribution in [-0.4, -0.2) is 32.5 Å². The maximum atomic E-state index is 11.6. The van der Waals surface area contributed by atoms with Crippen LogP contribution >= 0.6 is 45.9 Å². The van der Waals surface area contributed by atoms with Gasteiger partial charge in [-0.2, -0.15) is 0 Å². The second kappa shape index (κ2) is 17.0. The lowest BCUT2D eigenvalue weighted by molar-refractivity contribution is 0.252. The van der Waals surface area contributed by atoms with E-state index in [0.29, 0.717) is 23.2 Å². The Hall–Kier alpha value is -5.39. The van der Waals surface area contributed by atoms with E-state index in [1.807, 2.05) is 87.6 Å². The average Bonchev–Trinajstić information content (AvgIpc) is 3.73. The molecule has 55 heavy (non-hydrogen) atoms. The molecule has 4 aromatic heterocycles. The zero-order valence-electron chi connectivity index (χ0n) is 30.4. The zero-order chi connectivity index (χ0) is 38.5. The van der Waals surface area contributed by atoms with Crippen molar-refractivity contribution in [1.29, 1.82) is 0 Å². The molecule has 0 aliphatic carbocycles. The first-order chi connectivity index (χ1) is 26.6. The molecule has 8 aromatic rings. The molecule has 4 aromatic carbocycles. The van der Waals surface area contributed by atoms with Crippen LogP contribution in [0.15, 0.2) is 109 Å². The first-order valence-electron chi connectivity index (χ1n) is 17.6. The van der Waals surface area contributed by atoms with Crippen LogP contribution in [0.3, 0.4) is 0 Å². The van der Waals surface area contributed by atoms with Crippen LogP contribution < -0.4 is 16.4 Å². The summed E-state index contributed by atoms with van der Waals surface area (Å²) in [5.74, 6) is 1.06. The molecule has 8 rings (SSSR count). The van der Waals surface area contributed by atoms with Gasteiger partial charge < -0.3 is 11.1 Å². The molecule has 0 aliphatic heterocycles. The molecule has 0 saturated heterocycles. The van der Waals surface area contributed by atoms with E-state index in [0.717, 1.165) is 77.0 Å². The minimum Gasteiger partial charge on any atom is -0.384 e. The molecule has 2 amide bonds. The fourth-order valence-corrected chi connectivity index (χ4v) is 8.50. The van der Waals surface area contributed by atoms with Gasteiger partial charge in [0.25, 0.3) is 0 Å². The first kappa shape index (κ1) is 37.9. The summed E-state index contributed by atoms with van der Waals surface area (Å²) in [5.41, 5.74) is 16.6. The quantitative estimate of drug-likeness (QED) is 0.141. The molecule has 0 unspecified atom stereocenters. The van der Waals surface area contributed by atoms with Crippen molar-refractivity contribution >= 4 is 84.0 Å². The van der Waals surface area contributed by atoms with Crippen molar-refractivity contribution < 1.29 is 4.79 Å². The van der Waals surface area contributed by atoms with Crippen LogP contribution in [0, 0.1) is 13.8 Å². The molecule has 0 bridgehead atoms. The van der Waals surface area contributed by atoms with E-state index in [9.17, 15) is 4.79 Å². The Morgan fingerprint density at radius 3 is 1.65 bits per heavy atom. The molecule has 0 radical (unpaired) electrons. The summed E-state index contributed by atoms with van der Waals surface area (Å²) in [6.07, 6.45) is 5.15. The van der Waals surface area contributed by atoms with Crippen molar-refractivity contribution in [1.82, 2.24) is 25.3 Å². The van der Waals surface area contributed by atoms with Gasteiger partial charge in [-0.15, -0.1) is 22.7 Å². The predicted molar refractivity (Wildman–Crippen MR) is 231 cm³/mol. The summed E-state index contributed by atoms with van der Waals surface area (Å²) < 4.78 is 2.34. The topological polar surface area (TPSA) is 119 Å². The highest BCUT2D eigenvalue weighted by atomic mass is 35.5. The molecule has 0 spiro atoms. The summed E-state index contributed by atoms with van der Waals surface area (Å²) in [6, 6.07) is 32.0. The average molecular weight is 803 g/mol. The number of hydrogen-bond acceptors (Lipinski definition) is 8. The number of aromatic nitrogens is 4. The van der Waals surface area contributed by atoms with Gasteiger partial charge in [0.15, 0.2) is 0 Å². The molecule has 8 nitrogen and oxygen atoms in total. The summed E-state index contributed by atoms with van der Waals surface area (Å²) >= 11 is 15.8. The first-order valence-corrected chi connectivity index (χ1v) is 20.0. The number of hydrogen-bond donors (Lipinski definition) is 3. The summed E-state index contributed by atoms with van der Waals surface area (Å²) in [5, 5.41) is 8.93. The van der Waals surface area contributed by atoms with Crippen molar-refractivity contribution in [2.24, 2.45) is 0 Å². The van der Waals surface area contributed by atoms with Crippen molar-refractivity contribution in [3.63, 3.8) is 0 Å². The number of pyridine rings is 2. The third-order valence-electron chi connectivity index (χ3n) is 8.66. The van der Waals surface area contributed by atoms with Gasteiger partial charge in [0.05, 0.1) is 30.4 Å². The number of nitrogens with zero attached hydrogens (tertiary/aromatic N) is 4. The summed E-state index contributed by atoms with van der Waals surface area (Å²) in [6.45, 7) is 6.50. The van der Waals surface area contributed by atoms with Crippen molar-refractivity contribution in [2.45, 2.75) is 33.6 Å². The molecular formula is C43H37Cl2N7OS2. The van der Waals surface area contributed by atoms with E-state index in [1.165, 1.54) is 15.8 Å². The van der Waals surface area contributed by atoms with Gasteiger partial charge in [-0.1, -0.05) is 59.6 Å². The van der Waals surface area contributed by atoms with Gasteiger partial charge >= 0.3 is 6.03 Å². The van der Waals surface area contributed by atoms with Crippen molar-refractivity contribution in [2.75, 3.05) is 17.6 Å². The van der Waals surface area contributed by atoms with Crippen molar-refractivity contribution in [3.8, 4) is 22.3 Å². The number of carbonyl (C=O) groups is 1. The van der Waals surface area contributed by atoms with E-state index in [4.69, 9.17) is 38.9 Å². The molecule has 0 saturated carbocycles. The van der Waals surface area contributed by atoms with Crippen LogP contribution in [0.5, 0.6) is 0 Å². The Morgan fingerprint density at radius 2 is 1.20 bits per heavy atom. The number of rotatable bonds is 8. The van der Waals surface area contributed by atoms with E-state index >= 15 is 0 Å². The third-order valence-corrected chi connectivity index (χ3v) is 11.0. The Kier molecular flexibility index (Phi) is 11.7. The third kappa shape index (κ3) is 9.47. The Morgan fingerprint density at radius 1 is 0.673 bits per heavy atom. The van der Waals surface area contributed by atoms with E-state index < -0.39 is 0 Å². The van der Waals surface area contributed by atoms with Gasteiger partial charge in [-0.3, -0.25) is 5.32 Å². The minimum atomic E-state index is -0.255. The number of fused-ring (bicyclic) bond motifs is 2. The SMILES string of the molecule is CCNC(=O)Nc1ccc(Cc2cc(-c3cccc(Cl)c3)c3nc(C)sc3c2)cn1.Cc1nc2c(-c3cccc(Cl)c3)cc(Cc3ccc(N)nc3)cc2s1. The van der Waals surface area contributed by atoms with Crippen LogP contribution in [0.4, 0.5) is 16.4 Å². The number of aryl methyl sites for hydroxylation is 2. The van der Waals surface area contributed by atoms with Crippen LogP contribution in [-0.2, 0) is 12.8 Å². The summed E-state index contributed by atoms with van der Waals surface area (Å²) in [7, 11) is 0. The molecule has 12 heteroatoms. The standard InChI is InChI=1S/C23H21ClN4OS.C20H16ClN3S/c1-3-25-23(29)28-21-8-7-15(13-26-21)9-16-10-19(17-5-4-6-18(24)12-17)22-20(11-16)30-14(2)27-22;1-12-24-20-17(15-3-2-4-16(21)10-15)8-14(9-18(20)25-12)7-13-5-6-19(22)23-11-13/h4-8,10-13H,3,9H2,1-2H3,(H2,25,26,28,29);2-6,8-11H,7H2,1H3,(H2,22,23). The lowest BCUT2D eigenvalue weighted by Gasteiger charge is -2.09. The van der Waals surface area contributed by atoms with E-state index in [1.54, 1.807) is 28.9 Å². The van der Waals surface area contributed by atoms with Gasteiger partial charge in [-0.05, 0) is 128 Å². The monoisotopic (exact) mass is 801 g/mol. The number of nitrogens with two attached hydrogens (primary N) is 1. The van der Waals surface area contributed by atoms with Crippen LogP contribution in [0.25, 0.3) is 42.7 Å². The van der Waals surface area contributed by atoms with E-state index in [-0.39, 0.29) is 6.03 Å². The fraction of sp³-hybridized carbons (Fsp3) is 0.140. The molecule has 4 N–H and O–H groups in total. The number of nitrogens with one attached hydrogen (secondary N) is 2. The maximum absolute atomic E-state index is 11.6. The van der Waals surface area contributed by atoms with Crippen LogP contribution in [0.2, 0.25) is 10.0 Å². The second-order valence-electron chi connectivity index (χ2n) is 12.9. The van der Waals surface area contributed by atoms with Gasteiger partial charge in [0, 0.05) is 40.1 Å². The van der Waals surface area contributed by atoms with Gasteiger partial charge in [-0.25, -0.2) is 24.7 Å². The van der Waals surface area contributed by atoms with E-state index in [2.05, 4.69) is 57.0 Å². The largest absolute Gasteiger partial charge is 0.384 e. The lowest BCUT2D eigenvalue weighted by Crippen LogP contribution is -2.28. The van der Waals surface area contributed by atoms with Crippen LogP contribution in [0.1, 0.15) is 39.2 Å². The number of halogens is 2. The Balaban J connectivity index is 0.000000172. The number of benzene rings is 4. The molecule has 0 fully saturated rings. The number of carbonyl (C=O) groups excluding carboxylic acids is 1. The number of nitrogen functional groups attached to an aromatic ring is 1. The molecule has 0 atom stereocenters. The number of amides is 2. The molecular weight excluding hydrogens is 766 g/mol. The minimum absolute atomic E-state index is 0.255.